The third-order valence-electron chi connectivity index (χ3n) is 17.6. The van der Waals surface area contributed by atoms with Crippen molar-refractivity contribution in [2.24, 2.45) is 17.6 Å². The van der Waals surface area contributed by atoms with Crippen molar-refractivity contribution in [2.75, 3.05) is 106 Å². The van der Waals surface area contributed by atoms with Gasteiger partial charge in [-0.3, -0.25) is 40.2 Å². The summed E-state index contributed by atoms with van der Waals surface area (Å²) in [5, 5.41) is 17.5. The highest BCUT2D eigenvalue weighted by molar-refractivity contribution is 6.07. The Balaban J connectivity index is 0.000000138. The maximum Gasteiger partial charge on any atom is 0.354 e. The quantitative estimate of drug-likeness (QED) is 0.0531. The number of urea groups is 3. The number of carbonyl (C=O) groups is 6. The van der Waals surface area contributed by atoms with Gasteiger partial charge in [0.05, 0.1) is 62.6 Å². The van der Waals surface area contributed by atoms with Gasteiger partial charge in [-0.25, -0.2) is 75.4 Å². The average molecular weight is 1340 g/mol. The fourth-order valence-corrected chi connectivity index (χ4v) is 12.0. The number of methoxy groups -OCH3 is 3. The van der Waals surface area contributed by atoms with Crippen LogP contribution in [0.25, 0.3) is 0 Å². The van der Waals surface area contributed by atoms with Crippen molar-refractivity contribution in [3.8, 4) is 17.2 Å². The van der Waals surface area contributed by atoms with Crippen LogP contribution >= 0.6 is 12.4 Å². The van der Waals surface area contributed by atoms with E-state index in [1.165, 1.54) is 50.9 Å². The van der Waals surface area contributed by atoms with Gasteiger partial charge in [-0.1, -0.05) is 0 Å². The number of amides is 6. The van der Waals surface area contributed by atoms with E-state index < -0.39 is 71.3 Å². The molecular formula is C62H65ClF6N16O10. The van der Waals surface area contributed by atoms with Crippen LogP contribution < -0.4 is 65.3 Å². The fourth-order valence-electron chi connectivity index (χ4n) is 12.0. The van der Waals surface area contributed by atoms with Crippen molar-refractivity contribution >= 4 is 100 Å². The Morgan fingerprint density at radius 1 is 0.505 bits per heavy atom. The Hall–Kier alpha value is -9.85. The second-order valence-electron chi connectivity index (χ2n) is 23.9. The molecule has 33 heteroatoms. The third-order valence-corrected chi connectivity index (χ3v) is 17.6. The number of halogens is 7. The number of fused-ring (bicyclic) bond motifs is 12. The predicted octanol–water partition coefficient (Wildman–Crippen LogP) is 9.28. The molecule has 6 aromatic heterocycles. The van der Waals surface area contributed by atoms with Gasteiger partial charge in [0.15, 0.2) is 34.7 Å². The summed E-state index contributed by atoms with van der Waals surface area (Å²) in [5.74, 6) is -8.09. The molecule has 9 aliphatic rings. The normalized spacial score (nSPS) is 22.1. The van der Waals surface area contributed by atoms with Crippen LogP contribution in [0.1, 0.15) is 82.8 Å². The van der Waals surface area contributed by atoms with Crippen molar-refractivity contribution in [1.82, 2.24) is 29.9 Å². The molecular weight excluding hydrogens is 1280 g/mol. The van der Waals surface area contributed by atoms with E-state index in [0.29, 0.717) is 71.8 Å². The number of rotatable bonds is 13. The predicted molar refractivity (Wildman–Crippen MR) is 337 cm³/mol. The Morgan fingerprint density at radius 3 is 1.07 bits per heavy atom. The van der Waals surface area contributed by atoms with E-state index in [-0.39, 0.29) is 79.7 Å². The molecule has 6 atom stereocenters. The molecule has 3 unspecified atom stereocenters. The largest absolute Gasteiger partial charge is 0.497 e. The van der Waals surface area contributed by atoms with E-state index in [4.69, 9.17) is 19.9 Å². The first-order chi connectivity index (χ1) is 44.9. The first kappa shape index (κ1) is 66.6. The molecule has 3 saturated carbocycles. The summed E-state index contributed by atoms with van der Waals surface area (Å²) in [7, 11) is 4.58. The van der Waals surface area contributed by atoms with Gasteiger partial charge in [0.1, 0.15) is 46.1 Å². The number of ketones is 2. The summed E-state index contributed by atoms with van der Waals surface area (Å²) in [5.41, 5.74) is 7.11. The second kappa shape index (κ2) is 26.5. The summed E-state index contributed by atoms with van der Waals surface area (Å²) in [6.07, 6.45) is 5.76. The Morgan fingerprint density at radius 2 is 0.800 bits per heavy atom. The van der Waals surface area contributed by atoms with Gasteiger partial charge < -0.3 is 39.8 Å². The number of aromatic nitrogens is 6. The Bertz CT molecular complexity index is 3810. The monoisotopic (exact) mass is 1340 g/mol. The molecule has 6 aromatic rings. The molecule has 0 radical (unpaired) electrons. The number of pyridine rings is 6. The number of nitrogens with one attached hydrogen (secondary N) is 3. The smallest absolute Gasteiger partial charge is 0.354 e. The number of aromatic carboxylic acids is 1. The number of ether oxygens (including phenoxy) is 3. The van der Waals surface area contributed by atoms with Crippen LogP contribution in [0.4, 0.5) is 92.7 Å². The first-order valence-corrected chi connectivity index (χ1v) is 30.2. The van der Waals surface area contributed by atoms with Gasteiger partial charge in [0, 0.05) is 120 Å². The van der Waals surface area contributed by atoms with Gasteiger partial charge in [0.2, 0.25) is 0 Å². The molecule has 6 bridgehead atoms. The molecule has 95 heavy (non-hydrogen) atoms. The van der Waals surface area contributed by atoms with Gasteiger partial charge in [0.25, 0.3) is 17.8 Å². The number of anilines is 9. The van der Waals surface area contributed by atoms with Crippen molar-refractivity contribution in [3.63, 3.8) is 0 Å². The van der Waals surface area contributed by atoms with Crippen LogP contribution in [0.15, 0.2) is 91.4 Å². The van der Waals surface area contributed by atoms with Gasteiger partial charge in [-0.15, -0.1) is 12.4 Å². The zero-order valence-electron chi connectivity index (χ0n) is 51.3. The molecule has 15 rings (SSSR count). The lowest BCUT2D eigenvalue weighted by Gasteiger charge is -2.35. The van der Waals surface area contributed by atoms with Crippen molar-refractivity contribution in [1.29, 1.82) is 0 Å². The Kier molecular flexibility index (Phi) is 18.6. The molecule has 3 aliphatic carbocycles. The number of Topliss-reactive ketones (excluding diaryl/α,β-unsaturated/α-hetero) is 2. The van der Waals surface area contributed by atoms with Crippen LogP contribution in [0.2, 0.25) is 0 Å². The van der Waals surface area contributed by atoms with Crippen LogP contribution in [-0.2, 0) is 0 Å². The standard InChI is InChI=1S/2C21H21F2N5O3.C17H17N5O4.C3H5F2N.ClH/c2*1-31-14-4-6-24-18(9-14)26-20(30)28-13-5-7-27(11-13)16-3-2-15(25-19(16)28)17(29)8-12-10-21(12,22)23;1-26-11-4-6-18-14(8-11)20-17(25)22-10-5-7-21(9-10)13-3-2-12(16(23)24)19-15(13)22;4-3(5)1-2(3)6;/h2*2-4,6,9,12-13H,5,7-8,10-11H2,1H3,(H,24,26,30);2-4,6,8,10H,5,7,9H2,1H3,(H,23,24)(H,18,20,25);2H,1,6H2;1H/t2*12?,13-;10-;;/m000../s1. The number of alkyl halides is 6. The summed E-state index contributed by atoms with van der Waals surface area (Å²) in [6.45, 7) is 4.35. The van der Waals surface area contributed by atoms with Gasteiger partial charge >= 0.3 is 24.1 Å². The SMILES string of the molecule is COc1ccnc(NC(=O)N2c3nc(C(=O)CC4CC4(F)F)ccc3N3CC[C@H]2C3)c1.COc1ccnc(NC(=O)N2c3nc(C(=O)CC4CC4(F)F)ccc3N3CC[C@H]2C3)c1.COc1ccnc(NC(=O)N2c3nc(C(=O)O)ccc3N3CC[C@H]2C3)c1.Cl.NC1CC1(F)F. The molecule has 3 saturated heterocycles. The van der Waals surface area contributed by atoms with Crippen molar-refractivity contribution in [3.05, 3.63) is 108 Å². The lowest BCUT2D eigenvalue weighted by molar-refractivity contribution is 0.0689. The highest BCUT2D eigenvalue weighted by Crippen LogP contribution is 2.52. The highest BCUT2D eigenvalue weighted by Gasteiger charge is 2.58. The molecule has 6 aliphatic heterocycles. The molecule has 6 amide bonds. The fraction of sp³-hybridized carbons (Fsp3) is 0.419. The van der Waals surface area contributed by atoms with E-state index in [1.54, 1.807) is 76.5 Å². The summed E-state index contributed by atoms with van der Waals surface area (Å²) in [4.78, 5) is 112. The molecule has 0 aromatic carbocycles. The van der Waals surface area contributed by atoms with Crippen LogP contribution in [0.3, 0.4) is 0 Å². The first-order valence-electron chi connectivity index (χ1n) is 30.2. The number of nitrogens with zero attached hydrogens (tertiary/aromatic N) is 12. The number of carboxylic acid groups (broad SMARTS) is 1. The van der Waals surface area contributed by atoms with Crippen LogP contribution in [0, 0.1) is 11.8 Å². The molecule has 502 valence electrons. The molecule has 26 nitrogen and oxygen atoms in total. The minimum Gasteiger partial charge on any atom is -0.497 e. The summed E-state index contributed by atoms with van der Waals surface area (Å²) < 4.78 is 91.2. The zero-order chi connectivity index (χ0) is 66.5. The number of nitrogens with two attached hydrogens (primary N) is 1. The second-order valence-corrected chi connectivity index (χ2v) is 23.9. The van der Waals surface area contributed by atoms with E-state index in [1.807, 2.05) is 0 Å². The summed E-state index contributed by atoms with van der Waals surface area (Å²) in [6, 6.07) is 17.3. The number of hydrogen-bond acceptors (Lipinski definition) is 19. The number of carbonyl (C=O) groups excluding carboxylic acids is 5. The van der Waals surface area contributed by atoms with Crippen LogP contribution in [0.5, 0.6) is 17.2 Å². The van der Waals surface area contributed by atoms with E-state index in [0.717, 1.165) is 56.0 Å². The lowest BCUT2D eigenvalue weighted by Crippen LogP contribution is -2.48. The lowest BCUT2D eigenvalue weighted by atomic mass is 10.1. The minimum absolute atomic E-state index is 0. The van der Waals surface area contributed by atoms with E-state index in [2.05, 4.69) is 60.6 Å². The topological polar surface area (TPSA) is 309 Å². The maximum absolute atomic E-state index is 13.2. The molecule has 6 fully saturated rings. The van der Waals surface area contributed by atoms with Crippen molar-refractivity contribution in [2.45, 2.75) is 93.3 Å². The number of carboxylic acids is 1. The van der Waals surface area contributed by atoms with E-state index in [9.17, 15) is 60.2 Å². The van der Waals surface area contributed by atoms with Crippen LogP contribution in [-0.4, -0.2) is 173 Å². The molecule has 12 heterocycles. The Labute approximate surface area is 544 Å². The van der Waals surface area contributed by atoms with E-state index >= 15 is 0 Å². The molecule has 6 N–H and O–H groups in total. The average Bonchev–Trinajstić information content (AvgIpc) is 1.74. The van der Waals surface area contributed by atoms with Gasteiger partial charge in [-0.2, -0.15) is 0 Å². The molecule has 0 spiro atoms. The highest BCUT2D eigenvalue weighted by atomic mass is 35.5. The maximum atomic E-state index is 13.2. The number of hydrogen-bond donors (Lipinski definition) is 5. The van der Waals surface area contributed by atoms with Gasteiger partial charge in [-0.05, 0) is 73.9 Å². The minimum atomic E-state index is -2.76. The van der Waals surface area contributed by atoms with Crippen molar-refractivity contribution < 1.29 is 74.4 Å². The third kappa shape index (κ3) is 14.3. The summed E-state index contributed by atoms with van der Waals surface area (Å²) >= 11 is 0. The zero-order valence-corrected chi connectivity index (χ0v) is 52.1.